The highest BCUT2D eigenvalue weighted by Gasteiger charge is 2.14. The molecular formula is C15H9N3O2S. The van der Waals surface area contributed by atoms with Crippen LogP contribution in [0.5, 0.6) is 0 Å². The Labute approximate surface area is 122 Å². The molecule has 0 aliphatic heterocycles. The molecule has 0 saturated carbocycles. The first kappa shape index (κ1) is 12.0. The van der Waals surface area contributed by atoms with Gasteiger partial charge in [0.25, 0.3) is 5.56 Å². The van der Waals surface area contributed by atoms with Crippen LogP contribution in [0.3, 0.4) is 0 Å². The number of rotatable bonds is 2. The predicted molar refractivity (Wildman–Crippen MR) is 81.2 cm³/mol. The fourth-order valence-corrected chi connectivity index (χ4v) is 2.72. The van der Waals surface area contributed by atoms with Crippen molar-refractivity contribution in [3.8, 4) is 22.2 Å². The van der Waals surface area contributed by atoms with Gasteiger partial charge < -0.3 is 9.40 Å². The molecule has 0 amide bonds. The van der Waals surface area contributed by atoms with Crippen molar-refractivity contribution in [2.24, 2.45) is 0 Å². The predicted octanol–water partition coefficient (Wildman–Crippen LogP) is 3.31. The number of thiophene rings is 1. The first-order valence-corrected chi connectivity index (χ1v) is 7.19. The summed E-state index contributed by atoms with van der Waals surface area (Å²) in [6.45, 7) is 0. The molecule has 0 spiro atoms. The summed E-state index contributed by atoms with van der Waals surface area (Å²) >= 11 is 1.50. The standard InChI is InChI=1S/C15H9N3O2S/c19-14-11-13(18-15(20-11)10-7-4-8-21-10)16-12(17-14)9-5-2-1-3-6-9/h1-8H,(H,16,17,19). The molecule has 4 aromatic rings. The van der Waals surface area contributed by atoms with Gasteiger partial charge in [-0.25, -0.2) is 4.98 Å². The molecule has 0 saturated heterocycles. The Morgan fingerprint density at radius 2 is 1.90 bits per heavy atom. The lowest BCUT2D eigenvalue weighted by Crippen LogP contribution is -2.08. The van der Waals surface area contributed by atoms with Gasteiger partial charge in [-0.05, 0) is 11.4 Å². The van der Waals surface area contributed by atoms with Crippen molar-refractivity contribution in [1.82, 2.24) is 15.0 Å². The Balaban J connectivity index is 1.92. The molecule has 5 nitrogen and oxygen atoms in total. The minimum Gasteiger partial charge on any atom is -0.428 e. The average molecular weight is 295 g/mol. The third-order valence-corrected chi connectivity index (χ3v) is 3.90. The lowest BCUT2D eigenvalue weighted by molar-refractivity contribution is 0.616. The van der Waals surface area contributed by atoms with Crippen molar-refractivity contribution < 1.29 is 4.42 Å². The molecule has 3 aromatic heterocycles. The second kappa shape index (κ2) is 4.68. The van der Waals surface area contributed by atoms with Gasteiger partial charge in [-0.15, -0.1) is 11.3 Å². The zero-order valence-electron chi connectivity index (χ0n) is 10.7. The molecule has 6 heteroatoms. The topological polar surface area (TPSA) is 71.8 Å². The highest BCUT2D eigenvalue weighted by Crippen LogP contribution is 2.26. The monoisotopic (exact) mass is 295 g/mol. The highest BCUT2D eigenvalue weighted by molar-refractivity contribution is 7.13. The maximum Gasteiger partial charge on any atom is 0.296 e. The Kier molecular flexibility index (Phi) is 2.68. The van der Waals surface area contributed by atoms with Crippen molar-refractivity contribution in [3.63, 3.8) is 0 Å². The van der Waals surface area contributed by atoms with Crippen LogP contribution in [-0.4, -0.2) is 15.0 Å². The number of fused-ring (bicyclic) bond motifs is 1. The molecule has 0 radical (unpaired) electrons. The van der Waals surface area contributed by atoms with Crippen LogP contribution in [0, 0.1) is 0 Å². The number of nitrogens with zero attached hydrogens (tertiary/aromatic N) is 2. The van der Waals surface area contributed by atoms with E-state index in [1.54, 1.807) is 0 Å². The van der Waals surface area contributed by atoms with Crippen LogP contribution in [0.2, 0.25) is 0 Å². The van der Waals surface area contributed by atoms with E-state index in [0.29, 0.717) is 17.4 Å². The number of hydrogen-bond donors (Lipinski definition) is 1. The Bertz CT molecular complexity index is 956. The van der Waals surface area contributed by atoms with E-state index in [2.05, 4.69) is 15.0 Å². The van der Waals surface area contributed by atoms with E-state index in [4.69, 9.17) is 4.42 Å². The minimum absolute atomic E-state index is 0.151. The molecular weight excluding hydrogens is 286 g/mol. The van der Waals surface area contributed by atoms with Crippen LogP contribution < -0.4 is 5.56 Å². The first-order valence-electron chi connectivity index (χ1n) is 6.31. The van der Waals surface area contributed by atoms with Crippen molar-refractivity contribution in [2.45, 2.75) is 0 Å². The quantitative estimate of drug-likeness (QED) is 0.616. The number of aromatic nitrogens is 3. The van der Waals surface area contributed by atoms with Crippen molar-refractivity contribution in [1.29, 1.82) is 0 Å². The summed E-state index contributed by atoms with van der Waals surface area (Å²) in [5.41, 5.74) is 0.977. The van der Waals surface area contributed by atoms with Gasteiger partial charge >= 0.3 is 0 Å². The van der Waals surface area contributed by atoms with Crippen LogP contribution in [0.4, 0.5) is 0 Å². The molecule has 3 heterocycles. The molecule has 0 aliphatic carbocycles. The van der Waals surface area contributed by atoms with Crippen LogP contribution in [-0.2, 0) is 0 Å². The van der Waals surface area contributed by atoms with E-state index >= 15 is 0 Å². The Morgan fingerprint density at radius 1 is 1.05 bits per heavy atom. The number of oxazole rings is 1. The average Bonchev–Trinajstić information content (AvgIpc) is 3.17. The summed E-state index contributed by atoms with van der Waals surface area (Å²) in [4.78, 5) is 24.4. The van der Waals surface area contributed by atoms with Gasteiger partial charge in [0.15, 0.2) is 0 Å². The SMILES string of the molecule is O=c1[nH]c(-c2ccccc2)nc2nc(-c3cccs3)oc12. The summed E-state index contributed by atoms with van der Waals surface area (Å²) in [5.74, 6) is 0.905. The van der Waals surface area contributed by atoms with E-state index in [0.717, 1.165) is 10.4 Å². The van der Waals surface area contributed by atoms with Crippen molar-refractivity contribution in [3.05, 3.63) is 58.2 Å². The molecule has 0 fully saturated rings. The molecule has 102 valence electrons. The number of H-pyrrole nitrogens is 1. The van der Waals surface area contributed by atoms with Crippen LogP contribution >= 0.6 is 11.3 Å². The number of hydrogen-bond acceptors (Lipinski definition) is 5. The first-order chi connectivity index (χ1) is 10.3. The van der Waals surface area contributed by atoms with E-state index in [1.165, 1.54) is 11.3 Å². The van der Waals surface area contributed by atoms with Crippen molar-refractivity contribution in [2.75, 3.05) is 0 Å². The zero-order chi connectivity index (χ0) is 14.2. The molecule has 0 bridgehead atoms. The fraction of sp³-hybridized carbons (Fsp3) is 0. The second-order valence-electron chi connectivity index (χ2n) is 4.43. The molecule has 21 heavy (non-hydrogen) atoms. The molecule has 1 N–H and O–H groups in total. The Morgan fingerprint density at radius 3 is 2.67 bits per heavy atom. The summed E-state index contributed by atoms with van der Waals surface area (Å²) in [7, 11) is 0. The van der Waals surface area contributed by atoms with E-state index in [-0.39, 0.29) is 11.1 Å². The van der Waals surface area contributed by atoms with Crippen LogP contribution in [0.1, 0.15) is 0 Å². The number of nitrogens with one attached hydrogen (secondary N) is 1. The van der Waals surface area contributed by atoms with E-state index < -0.39 is 0 Å². The largest absolute Gasteiger partial charge is 0.428 e. The lowest BCUT2D eigenvalue weighted by Gasteiger charge is -1.98. The maximum absolute atomic E-state index is 12.1. The third-order valence-electron chi connectivity index (χ3n) is 3.04. The third kappa shape index (κ3) is 2.05. The molecule has 0 unspecified atom stereocenters. The normalized spacial score (nSPS) is 11.0. The van der Waals surface area contributed by atoms with Gasteiger partial charge in [0.05, 0.1) is 4.88 Å². The van der Waals surface area contributed by atoms with Gasteiger partial charge in [0, 0.05) is 5.56 Å². The van der Waals surface area contributed by atoms with Crippen LogP contribution in [0.25, 0.3) is 33.4 Å². The van der Waals surface area contributed by atoms with Gasteiger partial charge in [-0.1, -0.05) is 36.4 Å². The molecule has 1 aromatic carbocycles. The highest BCUT2D eigenvalue weighted by atomic mass is 32.1. The van der Waals surface area contributed by atoms with Gasteiger partial charge in [-0.3, -0.25) is 4.79 Å². The smallest absolute Gasteiger partial charge is 0.296 e. The molecule has 0 atom stereocenters. The second-order valence-corrected chi connectivity index (χ2v) is 5.38. The Hall–Kier alpha value is -2.73. The summed E-state index contributed by atoms with van der Waals surface area (Å²) < 4.78 is 5.53. The number of benzene rings is 1. The minimum atomic E-state index is -0.325. The zero-order valence-corrected chi connectivity index (χ0v) is 11.6. The summed E-state index contributed by atoms with van der Waals surface area (Å²) in [6.07, 6.45) is 0. The van der Waals surface area contributed by atoms with Crippen molar-refractivity contribution >= 4 is 22.6 Å². The molecule has 0 aliphatic rings. The summed E-state index contributed by atoms with van der Waals surface area (Å²) in [5, 5.41) is 1.93. The van der Waals surface area contributed by atoms with Gasteiger partial charge in [-0.2, -0.15) is 4.98 Å². The lowest BCUT2D eigenvalue weighted by atomic mass is 10.2. The fourth-order valence-electron chi connectivity index (χ4n) is 2.07. The van der Waals surface area contributed by atoms with E-state index in [1.807, 2.05) is 47.8 Å². The maximum atomic E-state index is 12.1. The summed E-state index contributed by atoms with van der Waals surface area (Å²) in [6, 6.07) is 13.2. The number of aromatic amines is 1. The van der Waals surface area contributed by atoms with Gasteiger partial charge in [0.2, 0.25) is 17.1 Å². The van der Waals surface area contributed by atoms with E-state index in [9.17, 15) is 4.79 Å². The van der Waals surface area contributed by atoms with Crippen LogP contribution in [0.15, 0.2) is 57.1 Å². The molecule has 4 rings (SSSR count). The van der Waals surface area contributed by atoms with Gasteiger partial charge in [0.1, 0.15) is 5.82 Å².